The number of aliphatic hydroxyl groups is 3. The summed E-state index contributed by atoms with van der Waals surface area (Å²) in [6.07, 6.45) is 8.19. The first-order valence-electron chi connectivity index (χ1n) is 4.75. The molecular weight excluding hydrogens is 208 g/mol. The minimum atomic E-state index is -1.29. The second-order valence-electron chi connectivity index (χ2n) is 3.52. The molecule has 1 aliphatic rings. The third-order valence-corrected chi connectivity index (χ3v) is 2.02. The molecule has 0 saturated carbocycles. The van der Waals surface area contributed by atoms with E-state index in [1.807, 2.05) is 0 Å². The monoisotopic (exact) mass is 222 g/mol. The van der Waals surface area contributed by atoms with Crippen molar-refractivity contribution in [1.82, 2.24) is 9.97 Å². The van der Waals surface area contributed by atoms with Crippen molar-refractivity contribution in [2.75, 3.05) is 0 Å². The Kier molecular flexibility index (Phi) is 4.02. The summed E-state index contributed by atoms with van der Waals surface area (Å²) >= 11 is 0. The van der Waals surface area contributed by atoms with E-state index in [0.717, 1.165) is 0 Å². The Morgan fingerprint density at radius 1 is 1.25 bits per heavy atom. The van der Waals surface area contributed by atoms with Crippen molar-refractivity contribution in [1.29, 1.82) is 0 Å². The van der Waals surface area contributed by atoms with Gasteiger partial charge in [0.15, 0.2) is 11.5 Å². The lowest BCUT2D eigenvalue weighted by Crippen LogP contribution is -2.29. The second-order valence-corrected chi connectivity index (χ2v) is 3.52. The van der Waals surface area contributed by atoms with Crippen molar-refractivity contribution in [3.05, 3.63) is 48.5 Å². The zero-order valence-corrected chi connectivity index (χ0v) is 8.91. The third kappa shape index (κ3) is 3.36. The number of rotatable bonds is 0. The van der Waals surface area contributed by atoms with Crippen LogP contribution in [0.4, 0.5) is 0 Å². The van der Waals surface area contributed by atoms with E-state index in [1.54, 1.807) is 24.5 Å². The molecule has 0 bridgehead atoms. The SMILES string of the molecule is CC1(O)CC=CC(O)=C1O.c1cncnc1. The Balaban J connectivity index is 0.000000181. The smallest absolute Gasteiger partial charge is 0.166 e. The van der Waals surface area contributed by atoms with Gasteiger partial charge in [0.1, 0.15) is 11.9 Å². The molecule has 0 spiro atoms. The number of hydrogen-bond acceptors (Lipinski definition) is 5. The van der Waals surface area contributed by atoms with Crippen LogP contribution in [0, 0.1) is 0 Å². The van der Waals surface area contributed by atoms with Crippen LogP contribution in [0.3, 0.4) is 0 Å². The lowest BCUT2D eigenvalue weighted by Gasteiger charge is -2.23. The molecular formula is C11H14N2O3. The fourth-order valence-corrected chi connectivity index (χ4v) is 1.10. The van der Waals surface area contributed by atoms with Gasteiger partial charge in [-0.3, -0.25) is 0 Å². The first-order valence-corrected chi connectivity index (χ1v) is 4.75. The highest BCUT2D eigenvalue weighted by Gasteiger charge is 2.29. The van der Waals surface area contributed by atoms with Crippen molar-refractivity contribution in [2.45, 2.75) is 18.9 Å². The predicted molar refractivity (Wildman–Crippen MR) is 58.7 cm³/mol. The van der Waals surface area contributed by atoms with Gasteiger partial charge in [0.25, 0.3) is 0 Å². The van der Waals surface area contributed by atoms with E-state index < -0.39 is 5.60 Å². The Morgan fingerprint density at radius 3 is 2.19 bits per heavy atom. The van der Waals surface area contributed by atoms with Gasteiger partial charge < -0.3 is 15.3 Å². The maximum atomic E-state index is 9.29. The maximum Gasteiger partial charge on any atom is 0.166 e. The molecule has 0 radical (unpaired) electrons. The van der Waals surface area contributed by atoms with E-state index in [1.165, 1.54) is 19.3 Å². The molecule has 1 aromatic rings. The molecule has 1 aromatic heterocycles. The van der Waals surface area contributed by atoms with Crippen LogP contribution < -0.4 is 0 Å². The Labute approximate surface area is 93.4 Å². The van der Waals surface area contributed by atoms with Gasteiger partial charge in [-0.25, -0.2) is 9.97 Å². The van der Waals surface area contributed by atoms with Crippen molar-refractivity contribution >= 4 is 0 Å². The molecule has 3 N–H and O–H groups in total. The fourth-order valence-electron chi connectivity index (χ4n) is 1.10. The molecule has 0 amide bonds. The standard InChI is InChI=1S/C7H10O3.C4H4N2/c1-7(10)4-2-3-5(8)6(7)9;1-2-5-4-6-3-1/h2-3,8-10H,4H2,1H3;1-4H. The number of hydrogen-bond donors (Lipinski definition) is 3. The average molecular weight is 222 g/mol. The zero-order chi connectivity index (χ0) is 12.0. The molecule has 1 atom stereocenters. The highest BCUT2D eigenvalue weighted by atomic mass is 16.3. The fraction of sp³-hybridized carbons (Fsp3) is 0.273. The highest BCUT2D eigenvalue weighted by molar-refractivity contribution is 5.26. The van der Waals surface area contributed by atoms with Gasteiger partial charge >= 0.3 is 0 Å². The molecule has 5 nitrogen and oxygen atoms in total. The number of nitrogens with zero attached hydrogens (tertiary/aromatic N) is 2. The van der Waals surface area contributed by atoms with Crippen LogP contribution in [0.25, 0.3) is 0 Å². The van der Waals surface area contributed by atoms with Crippen molar-refractivity contribution in [3.8, 4) is 0 Å². The lowest BCUT2D eigenvalue weighted by molar-refractivity contribution is 0.0456. The van der Waals surface area contributed by atoms with Crippen LogP contribution in [-0.2, 0) is 0 Å². The quantitative estimate of drug-likeness (QED) is 0.619. The van der Waals surface area contributed by atoms with E-state index in [4.69, 9.17) is 10.2 Å². The van der Waals surface area contributed by atoms with E-state index >= 15 is 0 Å². The van der Waals surface area contributed by atoms with Crippen LogP contribution in [0.2, 0.25) is 0 Å². The number of aliphatic hydroxyl groups excluding tert-OH is 2. The minimum absolute atomic E-state index is 0.253. The van der Waals surface area contributed by atoms with Crippen LogP contribution in [-0.4, -0.2) is 30.9 Å². The second kappa shape index (κ2) is 5.27. The Hall–Kier alpha value is -1.88. The van der Waals surface area contributed by atoms with Gasteiger partial charge in [-0.2, -0.15) is 0 Å². The molecule has 0 saturated heterocycles. The molecule has 1 unspecified atom stereocenters. The van der Waals surface area contributed by atoms with Gasteiger partial charge in [0.05, 0.1) is 0 Å². The van der Waals surface area contributed by atoms with Gasteiger partial charge in [-0.1, -0.05) is 6.08 Å². The molecule has 0 aliphatic heterocycles. The molecule has 1 heterocycles. The summed E-state index contributed by atoms with van der Waals surface area (Å²) < 4.78 is 0. The molecule has 0 aromatic carbocycles. The molecule has 16 heavy (non-hydrogen) atoms. The summed E-state index contributed by atoms with van der Waals surface area (Å²) in [5.74, 6) is -0.605. The molecule has 1 aliphatic carbocycles. The Morgan fingerprint density at radius 2 is 1.88 bits per heavy atom. The van der Waals surface area contributed by atoms with Crippen LogP contribution in [0.1, 0.15) is 13.3 Å². The van der Waals surface area contributed by atoms with Gasteiger partial charge in [-0.15, -0.1) is 0 Å². The van der Waals surface area contributed by atoms with Crippen LogP contribution >= 0.6 is 0 Å². The van der Waals surface area contributed by atoms with E-state index in [-0.39, 0.29) is 11.5 Å². The van der Waals surface area contributed by atoms with Crippen molar-refractivity contribution < 1.29 is 15.3 Å². The average Bonchev–Trinajstić information content (AvgIpc) is 2.29. The summed E-state index contributed by atoms with van der Waals surface area (Å²) in [7, 11) is 0. The van der Waals surface area contributed by atoms with E-state index in [2.05, 4.69) is 9.97 Å². The van der Waals surface area contributed by atoms with E-state index in [9.17, 15) is 5.11 Å². The minimum Gasteiger partial charge on any atom is -0.506 e. The number of allylic oxidation sites excluding steroid dienone is 1. The lowest BCUT2D eigenvalue weighted by atomic mass is 9.95. The molecule has 5 heteroatoms. The van der Waals surface area contributed by atoms with Gasteiger partial charge in [0, 0.05) is 18.8 Å². The topological polar surface area (TPSA) is 86.5 Å². The van der Waals surface area contributed by atoms with Crippen molar-refractivity contribution in [3.63, 3.8) is 0 Å². The summed E-state index contributed by atoms with van der Waals surface area (Å²) in [6.45, 7) is 1.45. The number of aromatic nitrogens is 2. The molecule has 0 fully saturated rings. The van der Waals surface area contributed by atoms with Crippen molar-refractivity contribution in [2.24, 2.45) is 0 Å². The van der Waals surface area contributed by atoms with Crippen LogP contribution in [0.15, 0.2) is 48.5 Å². The largest absolute Gasteiger partial charge is 0.506 e. The van der Waals surface area contributed by atoms with Gasteiger partial charge in [0.2, 0.25) is 0 Å². The summed E-state index contributed by atoms with van der Waals surface area (Å²) in [5.41, 5.74) is -1.29. The third-order valence-electron chi connectivity index (χ3n) is 2.02. The Bertz CT molecular complexity index is 359. The first kappa shape index (κ1) is 12.2. The first-order chi connectivity index (χ1) is 7.54. The van der Waals surface area contributed by atoms with Crippen LogP contribution in [0.5, 0.6) is 0 Å². The highest BCUT2D eigenvalue weighted by Crippen LogP contribution is 2.25. The molecule has 2 rings (SSSR count). The maximum absolute atomic E-state index is 9.29. The zero-order valence-electron chi connectivity index (χ0n) is 8.91. The normalized spacial score (nSPS) is 23.6. The predicted octanol–water partition coefficient (Wildman–Crippen LogP) is 1.50. The summed E-state index contributed by atoms with van der Waals surface area (Å²) in [6, 6.07) is 1.78. The summed E-state index contributed by atoms with van der Waals surface area (Å²) in [4.78, 5) is 7.35. The summed E-state index contributed by atoms with van der Waals surface area (Å²) in [5, 5.41) is 27.2. The molecule has 86 valence electrons. The van der Waals surface area contributed by atoms with Gasteiger partial charge in [-0.05, 0) is 19.1 Å². The van der Waals surface area contributed by atoms with E-state index in [0.29, 0.717) is 6.42 Å².